The number of ether oxygens (including phenoxy) is 4. The molecule has 3 unspecified atom stereocenters. The van der Waals surface area contributed by atoms with Gasteiger partial charge in [-0.15, -0.1) is 0 Å². The van der Waals surface area contributed by atoms with E-state index in [9.17, 15) is 0 Å². The van der Waals surface area contributed by atoms with Crippen LogP contribution in [0.5, 0.6) is 0 Å². The zero-order chi connectivity index (χ0) is 18.0. The molecule has 0 radical (unpaired) electrons. The van der Waals surface area contributed by atoms with Gasteiger partial charge in [-0.05, 0) is 32.6 Å². The van der Waals surface area contributed by atoms with Crippen molar-refractivity contribution in [1.82, 2.24) is 10.2 Å². The van der Waals surface area contributed by atoms with Crippen molar-refractivity contribution in [3.8, 4) is 0 Å². The van der Waals surface area contributed by atoms with Crippen molar-refractivity contribution in [3.63, 3.8) is 0 Å². The number of aliphatic imine (C=N–C) groups is 1. The normalized spacial score (nSPS) is 30.1. The summed E-state index contributed by atoms with van der Waals surface area (Å²) in [5.41, 5.74) is 0. The molecule has 3 aliphatic heterocycles. The smallest absolute Gasteiger partial charge is 0.194 e. The fourth-order valence-electron chi connectivity index (χ4n) is 3.73. The Kier molecular flexibility index (Phi) is 8.45. The fourth-order valence-corrected chi connectivity index (χ4v) is 3.73. The van der Waals surface area contributed by atoms with Gasteiger partial charge in [0.15, 0.2) is 5.96 Å². The molecule has 0 aromatic carbocycles. The van der Waals surface area contributed by atoms with Crippen molar-refractivity contribution in [2.75, 3.05) is 65.8 Å². The van der Waals surface area contributed by atoms with E-state index in [4.69, 9.17) is 23.9 Å². The lowest BCUT2D eigenvalue weighted by molar-refractivity contribution is -0.0817. The average Bonchev–Trinajstić information content (AvgIpc) is 3.37. The largest absolute Gasteiger partial charge is 0.381 e. The Morgan fingerprint density at radius 3 is 2.88 bits per heavy atom. The second-order valence-corrected chi connectivity index (χ2v) is 7.30. The highest BCUT2D eigenvalue weighted by atomic mass is 16.5. The summed E-state index contributed by atoms with van der Waals surface area (Å²) in [4.78, 5) is 7.11. The highest BCUT2D eigenvalue weighted by Crippen LogP contribution is 2.21. The van der Waals surface area contributed by atoms with Crippen LogP contribution in [0.1, 0.15) is 32.6 Å². The van der Waals surface area contributed by atoms with Gasteiger partial charge in [-0.1, -0.05) is 0 Å². The molecule has 0 saturated carbocycles. The summed E-state index contributed by atoms with van der Waals surface area (Å²) in [5, 5.41) is 3.42. The second kappa shape index (κ2) is 11.1. The maximum atomic E-state index is 5.95. The van der Waals surface area contributed by atoms with Gasteiger partial charge in [0.25, 0.3) is 0 Å². The van der Waals surface area contributed by atoms with Crippen molar-refractivity contribution in [2.45, 2.75) is 44.8 Å². The molecular formula is C19H35N3O4. The van der Waals surface area contributed by atoms with E-state index < -0.39 is 0 Å². The summed E-state index contributed by atoms with van der Waals surface area (Å²) in [5.74, 6) is 1.57. The summed E-state index contributed by atoms with van der Waals surface area (Å²) in [6.45, 7) is 10.4. The van der Waals surface area contributed by atoms with E-state index in [0.29, 0.717) is 5.92 Å². The number of rotatable bonds is 8. The summed E-state index contributed by atoms with van der Waals surface area (Å²) in [6, 6.07) is 0. The Labute approximate surface area is 157 Å². The number of nitrogens with one attached hydrogen (secondary N) is 1. The van der Waals surface area contributed by atoms with E-state index in [2.05, 4.69) is 17.1 Å². The van der Waals surface area contributed by atoms with Gasteiger partial charge >= 0.3 is 0 Å². The molecule has 3 saturated heterocycles. The Hall–Kier alpha value is -0.890. The summed E-state index contributed by atoms with van der Waals surface area (Å²) in [6.07, 6.45) is 4.73. The molecule has 7 nitrogen and oxygen atoms in total. The van der Waals surface area contributed by atoms with Crippen LogP contribution in [0.25, 0.3) is 0 Å². The third kappa shape index (κ3) is 6.08. The van der Waals surface area contributed by atoms with Gasteiger partial charge < -0.3 is 29.2 Å². The van der Waals surface area contributed by atoms with Gasteiger partial charge in [0.2, 0.25) is 0 Å². The van der Waals surface area contributed by atoms with E-state index in [1.165, 1.54) is 0 Å². The molecular weight excluding hydrogens is 334 g/mol. The lowest BCUT2D eigenvalue weighted by atomic mass is 10.1. The summed E-state index contributed by atoms with van der Waals surface area (Å²) < 4.78 is 22.9. The maximum Gasteiger partial charge on any atom is 0.194 e. The van der Waals surface area contributed by atoms with Crippen LogP contribution in [-0.4, -0.2) is 88.9 Å². The van der Waals surface area contributed by atoms with Crippen LogP contribution in [-0.2, 0) is 18.9 Å². The van der Waals surface area contributed by atoms with Gasteiger partial charge in [-0.3, -0.25) is 4.99 Å². The van der Waals surface area contributed by atoms with Crippen LogP contribution in [0.15, 0.2) is 4.99 Å². The molecule has 3 atom stereocenters. The molecule has 0 aromatic heterocycles. The molecule has 26 heavy (non-hydrogen) atoms. The SMILES string of the molecule is CCNC(=NCCCOCC1CCOC1)N1CCOC(C2CCCO2)C1. The van der Waals surface area contributed by atoms with Gasteiger partial charge in [0.1, 0.15) is 6.10 Å². The van der Waals surface area contributed by atoms with Gasteiger partial charge in [0.05, 0.1) is 25.9 Å². The lowest BCUT2D eigenvalue weighted by Crippen LogP contribution is -2.53. The van der Waals surface area contributed by atoms with E-state index in [1.54, 1.807) is 0 Å². The molecule has 0 aromatic rings. The molecule has 0 amide bonds. The van der Waals surface area contributed by atoms with Crippen molar-refractivity contribution in [1.29, 1.82) is 0 Å². The fraction of sp³-hybridized carbons (Fsp3) is 0.947. The molecule has 7 heteroatoms. The molecule has 150 valence electrons. The van der Waals surface area contributed by atoms with Crippen LogP contribution >= 0.6 is 0 Å². The quantitative estimate of drug-likeness (QED) is 0.395. The molecule has 3 aliphatic rings. The zero-order valence-corrected chi connectivity index (χ0v) is 16.2. The van der Waals surface area contributed by atoms with Crippen molar-refractivity contribution in [2.24, 2.45) is 10.9 Å². The number of guanidine groups is 1. The second-order valence-electron chi connectivity index (χ2n) is 7.30. The first-order valence-corrected chi connectivity index (χ1v) is 10.3. The Morgan fingerprint density at radius 2 is 2.12 bits per heavy atom. The van der Waals surface area contributed by atoms with Gasteiger partial charge in [0, 0.05) is 51.9 Å². The topological polar surface area (TPSA) is 64.6 Å². The molecule has 0 spiro atoms. The van der Waals surface area contributed by atoms with Crippen molar-refractivity contribution >= 4 is 5.96 Å². The molecule has 0 bridgehead atoms. The monoisotopic (exact) mass is 369 g/mol. The summed E-state index contributed by atoms with van der Waals surface area (Å²) in [7, 11) is 0. The number of nitrogens with zero attached hydrogens (tertiary/aromatic N) is 2. The van der Waals surface area contributed by atoms with Crippen LogP contribution in [0, 0.1) is 5.92 Å². The highest BCUT2D eigenvalue weighted by molar-refractivity contribution is 5.80. The zero-order valence-electron chi connectivity index (χ0n) is 16.2. The number of hydrogen-bond acceptors (Lipinski definition) is 5. The minimum absolute atomic E-state index is 0.159. The minimum atomic E-state index is 0.159. The van der Waals surface area contributed by atoms with Gasteiger partial charge in [-0.25, -0.2) is 0 Å². The summed E-state index contributed by atoms with van der Waals surface area (Å²) >= 11 is 0. The van der Waals surface area contributed by atoms with E-state index >= 15 is 0 Å². The van der Waals surface area contributed by atoms with E-state index in [1.807, 2.05) is 0 Å². The van der Waals surface area contributed by atoms with Crippen LogP contribution in [0.3, 0.4) is 0 Å². The van der Waals surface area contributed by atoms with Crippen molar-refractivity contribution in [3.05, 3.63) is 0 Å². The third-order valence-corrected chi connectivity index (χ3v) is 5.19. The lowest BCUT2D eigenvalue weighted by Gasteiger charge is -2.37. The van der Waals surface area contributed by atoms with Crippen molar-refractivity contribution < 1.29 is 18.9 Å². The minimum Gasteiger partial charge on any atom is -0.381 e. The molecule has 3 rings (SSSR count). The van der Waals surface area contributed by atoms with E-state index in [0.717, 1.165) is 97.5 Å². The molecule has 3 fully saturated rings. The van der Waals surface area contributed by atoms with E-state index in [-0.39, 0.29) is 12.2 Å². The molecule has 1 N–H and O–H groups in total. The third-order valence-electron chi connectivity index (χ3n) is 5.19. The first-order chi connectivity index (χ1) is 12.9. The Balaban J connectivity index is 1.39. The Bertz CT molecular complexity index is 423. The van der Waals surface area contributed by atoms with Crippen LogP contribution in [0.4, 0.5) is 0 Å². The number of hydrogen-bond donors (Lipinski definition) is 1. The van der Waals surface area contributed by atoms with Crippen LogP contribution < -0.4 is 5.32 Å². The van der Waals surface area contributed by atoms with Crippen LogP contribution in [0.2, 0.25) is 0 Å². The highest BCUT2D eigenvalue weighted by Gasteiger charge is 2.32. The molecule has 3 heterocycles. The number of morpholine rings is 1. The Morgan fingerprint density at radius 1 is 1.19 bits per heavy atom. The first kappa shape index (κ1) is 19.9. The molecule has 0 aliphatic carbocycles. The predicted molar refractivity (Wildman–Crippen MR) is 101 cm³/mol. The first-order valence-electron chi connectivity index (χ1n) is 10.3. The maximum absolute atomic E-state index is 5.95. The average molecular weight is 370 g/mol. The predicted octanol–water partition coefficient (Wildman–Crippen LogP) is 1.27. The standard InChI is InChI=1S/C19H35N3O4/c1-2-20-19(21-7-4-9-23-14-16-6-11-24-15-16)22-8-12-26-18(13-22)17-5-3-10-25-17/h16-18H,2-15H2,1H3,(H,20,21). The van der Waals surface area contributed by atoms with Gasteiger partial charge in [-0.2, -0.15) is 0 Å².